The summed E-state index contributed by atoms with van der Waals surface area (Å²) in [4.78, 5) is 9.79. The van der Waals surface area contributed by atoms with Gasteiger partial charge in [-0.15, -0.1) is 0 Å². The molecule has 0 aromatic rings. The van der Waals surface area contributed by atoms with Gasteiger partial charge in [-0.1, -0.05) is 53.9 Å². The van der Waals surface area contributed by atoms with Gasteiger partial charge >= 0.3 is 6.09 Å². The van der Waals surface area contributed by atoms with Crippen LogP contribution in [0.5, 0.6) is 0 Å². The van der Waals surface area contributed by atoms with Crippen molar-refractivity contribution < 1.29 is 9.90 Å². The van der Waals surface area contributed by atoms with Crippen LogP contribution in [0.15, 0.2) is 0 Å². The van der Waals surface area contributed by atoms with E-state index in [1.165, 1.54) is 38.5 Å². The van der Waals surface area contributed by atoms with Crippen molar-refractivity contribution in [3.05, 3.63) is 0 Å². The number of hydrogen-bond donors (Lipinski definition) is 3. The minimum Gasteiger partial charge on any atom is -0.465 e. The lowest BCUT2D eigenvalue weighted by atomic mass is 10.2. The van der Waals surface area contributed by atoms with E-state index in [0.717, 1.165) is 0 Å². The van der Waals surface area contributed by atoms with Crippen molar-refractivity contribution in [2.45, 2.75) is 73.1 Å². The van der Waals surface area contributed by atoms with Crippen LogP contribution in [-0.4, -0.2) is 42.9 Å². The first kappa shape index (κ1) is 27.5. The minimum atomic E-state index is -0.946. The molecule has 0 radical (unpaired) electrons. The van der Waals surface area contributed by atoms with Gasteiger partial charge in [0.25, 0.3) is 0 Å². The largest absolute Gasteiger partial charge is 0.465 e. The summed E-state index contributed by atoms with van der Waals surface area (Å²) < 4.78 is 0. The van der Waals surface area contributed by atoms with E-state index < -0.39 is 13.4 Å². The van der Waals surface area contributed by atoms with E-state index in [-0.39, 0.29) is 6.15 Å². The number of rotatable bonds is 11. The summed E-state index contributed by atoms with van der Waals surface area (Å²) in [6, 6.07) is 0. The van der Waals surface area contributed by atoms with E-state index >= 15 is 0 Å². The topological polar surface area (TPSA) is 84.3 Å². The normalized spacial score (nSPS) is 10.6. The molecule has 0 heterocycles. The Bertz CT molecular complexity index is 240. The van der Waals surface area contributed by atoms with Gasteiger partial charge in [0.1, 0.15) is 0 Å². The molecule has 0 saturated heterocycles. The predicted molar refractivity (Wildman–Crippen MR) is 108 cm³/mol. The first-order chi connectivity index (χ1) is 10.3. The summed E-state index contributed by atoms with van der Waals surface area (Å²) in [5.41, 5.74) is 0. The van der Waals surface area contributed by atoms with Crippen molar-refractivity contribution in [2.75, 3.05) is 31.7 Å². The Balaban J connectivity index is -0.000000382. The number of carboxylic acid groups (broad SMARTS) is 1. The van der Waals surface area contributed by atoms with Crippen LogP contribution < -0.4 is 11.5 Å². The van der Waals surface area contributed by atoms with Crippen molar-refractivity contribution in [1.82, 2.24) is 11.5 Å². The van der Waals surface area contributed by atoms with Crippen LogP contribution in [0.3, 0.4) is 0 Å². The Kier molecular flexibility index (Phi) is 21.5. The fourth-order valence-corrected chi connectivity index (χ4v) is 6.16. The van der Waals surface area contributed by atoms with Gasteiger partial charge in [-0.25, -0.2) is 4.79 Å². The van der Waals surface area contributed by atoms with Gasteiger partial charge in [-0.05, 0) is 25.2 Å². The Labute approximate surface area is 146 Å². The lowest BCUT2D eigenvalue weighted by molar-refractivity contribution is 0.193. The maximum Gasteiger partial charge on any atom is 0.404 e. The van der Waals surface area contributed by atoms with Crippen molar-refractivity contribution in [1.29, 1.82) is 0 Å². The third kappa shape index (κ3) is 21.7. The molecule has 5 N–H and O–H groups in total. The fourth-order valence-electron chi connectivity index (χ4n) is 2.25. The smallest absolute Gasteiger partial charge is 0.404 e. The third-order valence-corrected chi connectivity index (χ3v) is 8.00. The number of carbonyl (C=O) groups is 1. The second-order valence-electron chi connectivity index (χ2n) is 6.93. The lowest BCUT2D eigenvalue weighted by Gasteiger charge is -2.22. The molecule has 0 rings (SSSR count). The standard InChI is InChI=1S/C13H30P.C5H11NO2.H3N/c1-5-8-11-14(4,12-9-6-2)13-10-7-3;1-4(2)3-6-5(7)8;/h5-13H2,1-4H3;4,6H,3H2,1-2H3,(H,7,8);1H3/q+1;;. The van der Waals surface area contributed by atoms with Gasteiger partial charge in [0, 0.05) is 20.5 Å². The van der Waals surface area contributed by atoms with Gasteiger partial charge in [-0.3, -0.25) is 0 Å². The summed E-state index contributed by atoms with van der Waals surface area (Å²) in [6.07, 6.45) is 12.3. The third-order valence-electron chi connectivity index (χ3n) is 3.82. The van der Waals surface area contributed by atoms with Crippen LogP contribution in [-0.2, 0) is 0 Å². The molecule has 0 atom stereocenters. The van der Waals surface area contributed by atoms with Crippen LogP contribution in [0.1, 0.15) is 73.1 Å². The number of amides is 1. The van der Waals surface area contributed by atoms with Crippen molar-refractivity contribution in [2.24, 2.45) is 5.92 Å². The van der Waals surface area contributed by atoms with Crippen LogP contribution in [0.25, 0.3) is 0 Å². The Hall–Kier alpha value is -0.340. The molecule has 0 aromatic carbocycles. The summed E-state index contributed by atoms with van der Waals surface area (Å²) in [5, 5.41) is 10.3. The van der Waals surface area contributed by atoms with Crippen LogP contribution in [0, 0.1) is 5.92 Å². The van der Waals surface area contributed by atoms with Gasteiger partial charge < -0.3 is 16.6 Å². The quantitative estimate of drug-likeness (QED) is 0.393. The molecule has 23 heavy (non-hydrogen) atoms. The molecule has 5 heteroatoms. The van der Waals surface area contributed by atoms with Gasteiger partial charge in [0.15, 0.2) is 0 Å². The molecule has 0 aliphatic rings. The maximum atomic E-state index is 9.79. The molecule has 0 aliphatic carbocycles. The number of unbranched alkanes of at least 4 members (excludes halogenated alkanes) is 3. The minimum absolute atomic E-state index is 0. The Morgan fingerprint density at radius 2 is 1.30 bits per heavy atom. The van der Waals surface area contributed by atoms with Crippen LogP contribution in [0.2, 0.25) is 0 Å². The second-order valence-corrected chi connectivity index (χ2v) is 11.5. The van der Waals surface area contributed by atoms with E-state index in [2.05, 4.69) is 32.8 Å². The predicted octanol–water partition coefficient (Wildman–Crippen LogP) is 6.11. The van der Waals surface area contributed by atoms with Gasteiger partial charge in [-0.2, -0.15) is 0 Å². The molecule has 1 amide bonds. The Morgan fingerprint density at radius 3 is 1.48 bits per heavy atom. The summed E-state index contributed by atoms with van der Waals surface area (Å²) in [7, 11) is -0.519. The van der Waals surface area contributed by atoms with E-state index in [0.29, 0.717) is 12.5 Å². The highest BCUT2D eigenvalue weighted by Gasteiger charge is 2.28. The average molecular weight is 352 g/mol. The summed E-state index contributed by atoms with van der Waals surface area (Å²) in [6.45, 7) is 14.0. The van der Waals surface area contributed by atoms with Crippen LogP contribution >= 0.6 is 7.26 Å². The van der Waals surface area contributed by atoms with Crippen molar-refractivity contribution in [3.8, 4) is 0 Å². The zero-order chi connectivity index (χ0) is 17.4. The van der Waals surface area contributed by atoms with Gasteiger partial charge in [0.2, 0.25) is 0 Å². The monoisotopic (exact) mass is 351 g/mol. The van der Waals surface area contributed by atoms with Crippen molar-refractivity contribution >= 4 is 13.4 Å². The van der Waals surface area contributed by atoms with Crippen molar-refractivity contribution in [3.63, 3.8) is 0 Å². The summed E-state index contributed by atoms with van der Waals surface area (Å²) >= 11 is 0. The molecule has 0 spiro atoms. The number of nitrogens with one attached hydrogen (secondary N) is 1. The molecule has 0 saturated carbocycles. The highest BCUT2D eigenvalue weighted by Crippen LogP contribution is 2.57. The fraction of sp³-hybridized carbons (Fsp3) is 0.944. The molecule has 0 aliphatic heterocycles. The maximum absolute atomic E-state index is 9.79. The Morgan fingerprint density at radius 1 is 0.957 bits per heavy atom. The first-order valence-electron chi connectivity index (χ1n) is 9.11. The van der Waals surface area contributed by atoms with Crippen LogP contribution in [0.4, 0.5) is 4.79 Å². The molecule has 142 valence electrons. The zero-order valence-corrected chi connectivity index (χ0v) is 17.6. The molecular weight excluding hydrogens is 307 g/mol. The molecule has 0 unspecified atom stereocenters. The molecule has 4 nitrogen and oxygen atoms in total. The molecule has 0 bridgehead atoms. The van der Waals surface area contributed by atoms with E-state index in [1.54, 1.807) is 18.5 Å². The second kappa shape index (κ2) is 18.0. The highest BCUT2D eigenvalue weighted by molar-refractivity contribution is 7.75. The van der Waals surface area contributed by atoms with E-state index in [4.69, 9.17) is 5.11 Å². The lowest BCUT2D eigenvalue weighted by Crippen LogP contribution is -2.24. The van der Waals surface area contributed by atoms with Gasteiger partial charge in [0.05, 0.1) is 18.5 Å². The van der Waals surface area contributed by atoms with E-state index in [9.17, 15) is 4.79 Å². The highest BCUT2D eigenvalue weighted by atomic mass is 31.2. The summed E-state index contributed by atoms with van der Waals surface area (Å²) in [5.74, 6) is 0.395. The molecule has 0 aromatic heterocycles. The SMILES string of the molecule is CC(C)CNC(=O)O.CCCC[P+](C)(CCCC)CCCC.N. The number of hydrogen-bond acceptors (Lipinski definition) is 2. The zero-order valence-electron chi connectivity index (χ0n) is 16.7. The average Bonchev–Trinajstić information content (AvgIpc) is 2.48. The molecule has 0 fully saturated rings. The van der Waals surface area contributed by atoms with E-state index in [1.807, 2.05) is 13.8 Å². The first-order valence-corrected chi connectivity index (χ1v) is 11.9. The molecular formula is C18H44N2O2P+.